The molecule has 22 heavy (non-hydrogen) atoms. The fraction of sp³-hybridized carbons (Fsp3) is 0.588. The van der Waals surface area contributed by atoms with Gasteiger partial charge in [-0.05, 0) is 25.8 Å². The van der Waals surface area contributed by atoms with Gasteiger partial charge in [0.2, 0.25) is 0 Å². The quantitative estimate of drug-likeness (QED) is 0.800. The van der Waals surface area contributed by atoms with Crippen molar-refractivity contribution in [1.29, 1.82) is 0 Å². The molecule has 2 heterocycles. The van der Waals surface area contributed by atoms with Gasteiger partial charge in [-0.15, -0.1) is 0 Å². The fourth-order valence-corrected chi connectivity index (χ4v) is 3.13. The van der Waals surface area contributed by atoms with Crippen LogP contribution in [0.3, 0.4) is 0 Å². The molecule has 0 saturated carbocycles. The highest BCUT2D eigenvalue weighted by Gasteiger charge is 2.29. The lowest BCUT2D eigenvalue weighted by atomic mass is 9.96. The molecule has 0 N–H and O–H groups in total. The first kappa shape index (κ1) is 15.3. The minimum absolute atomic E-state index is 0.0299. The van der Waals surface area contributed by atoms with Crippen molar-refractivity contribution in [1.82, 2.24) is 0 Å². The van der Waals surface area contributed by atoms with E-state index in [4.69, 9.17) is 14.2 Å². The predicted molar refractivity (Wildman–Crippen MR) is 82.7 cm³/mol. The lowest BCUT2D eigenvalue weighted by Crippen LogP contribution is -2.37. The maximum Gasteiger partial charge on any atom is 0.309 e. The fourth-order valence-electron chi connectivity index (χ4n) is 3.13. The maximum absolute atomic E-state index is 11.8. The molecule has 0 aromatic heterocycles. The SMILES string of the molecule is CCOC(=O)C1CCN(c2ccccc2C2OCCO2)CC1. The van der Waals surface area contributed by atoms with Gasteiger partial charge in [0.15, 0.2) is 6.29 Å². The predicted octanol–water partition coefficient (Wildman–Crippen LogP) is 2.51. The number of hydrogen-bond donors (Lipinski definition) is 0. The van der Waals surface area contributed by atoms with Crippen LogP contribution in [0.25, 0.3) is 0 Å². The summed E-state index contributed by atoms with van der Waals surface area (Å²) in [6.45, 7) is 5.30. The Bertz CT molecular complexity index is 505. The highest BCUT2D eigenvalue weighted by Crippen LogP contribution is 2.34. The van der Waals surface area contributed by atoms with Gasteiger partial charge in [0.25, 0.3) is 0 Å². The van der Waals surface area contributed by atoms with Crippen LogP contribution in [0.1, 0.15) is 31.6 Å². The van der Waals surface area contributed by atoms with Crippen LogP contribution in [0.2, 0.25) is 0 Å². The van der Waals surface area contributed by atoms with E-state index in [1.807, 2.05) is 19.1 Å². The van der Waals surface area contributed by atoms with Gasteiger partial charge >= 0.3 is 5.97 Å². The summed E-state index contributed by atoms with van der Waals surface area (Å²) in [5.74, 6) is -0.0276. The first-order chi connectivity index (χ1) is 10.8. The number of carbonyl (C=O) groups is 1. The van der Waals surface area contributed by atoms with E-state index in [0.717, 1.165) is 37.2 Å². The van der Waals surface area contributed by atoms with Crippen LogP contribution in [0.4, 0.5) is 5.69 Å². The average molecular weight is 305 g/mol. The van der Waals surface area contributed by atoms with Crippen LogP contribution in [0.5, 0.6) is 0 Å². The van der Waals surface area contributed by atoms with Crippen molar-refractivity contribution in [2.24, 2.45) is 5.92 Å². The number of ether oxygens (including phenoxy) is 3. The number of benzene rings is 1. The van der Waals surface area contributed by atoms with Crippen molar-refractivity contribution < 1.29 is 19.0 Å². The van der Waals surface area contributed by atoms with Gasteiger partial charge in [0.05, 0.1) is 25.7 Å². The number of nitrogens with zero attached hydrogens (tertiary/aromatic N) is 1. The monoisotopic (exact) mass is 305 g/mol. The van der Waals surface area contributed by atoms with Crippen LogP contribution >= 0.6 is 0 Å². The Balaban J connectivity index is 1.67. The molecule has 0 spiro atoms. The number of rotatable bonds is 4. The standard InChI is InChI=1S/C17H23NO4/c1-2-20-16(19)13-7-9-18(10-8-13)15-6-4-3-5-14(15)17-21-11-12-22-17/h3-6,13,17H,2,7-12H2,1H3. The Morgan fingerprint density at radius 1 is 1.23 bits per heavy atom. The molecule has 0 bridgehead atoms. The topological polar surface area (TPSA) is 48.0 Å². The van der Waals surface area contributed by atoms with Crippen LogP contribution in [-0.2, 0) is 19.0 Å². The minimum atomic E-state index is -0.265. The highest BCUT2D eigenvalue weighted by atomic mass is 16.7. The third kappa shape index (κ3) is 3.25. The van der Waals surface area contributed by atoms with Crippen LogP contribution < -0.4 is 4.90 Å². The summed E-state index contributed by atoms with van der Waals surface area (Å²) in [5.41, 5.74) is 2.23. The molecule has 120 valence electrons. The van der Waals surface area contributed by atoms with Crippen LogP contribution in [0.15, 0.2) is 24.3 Å². The smallest absolute Gasteiger partial charge is 0.309 e. The van der Waals surface area contributed by atoms with Crippen molar-refractivity contribution in [2.75, 3.05) is 37.8 Å². The largest absolute Gasteiger partial charge is 0.466 e. The van der Waals surface area contributed by atoms with Gasteiger partial charge < -0.3 is 19.1 Å². The second kappa shape index (κ2) is 7.11. The normalized spacial score (nSPS) is 20.3. The molecule has 2 aliphatic rings. The lowest BCUT2D eigenvalue weighted by Gasteiger charge is -2.34. The third-order valence-corrected chi connectivity index (χ3v) is 4.27. The highest BCUT2D eigenvalue weighted by molar-refractivity contribution is 5.73. The Morgan fingerprint density at radius 3 is 2.59 bits per heavy atom. The van der Waals surface area contributed by atoms with Crippen LogP contribution in [-0.4, -0.2) is 38.9 Å². The molecular formula is C17H23NO4. The number of hydrogen-bond acceptors (Lipinski definition) is 5. The van der Waals surface area contributed by atoms with Crippen molar-refractivity contribution in [2.45, 2.75) is 26.1 Å². The first-order valence-corrected chi connectivity index (χ1v) is 8.03. The average Bonchev–Trinajstić information content (AvgIpc) is 3.10. The molecule has 0 aliphatic carbocycles. The second-order valence-electron chi connectivity index (χ2n) is 5.65. The molecule has 2 fully saturated rings. The maximum atomic E-state index is 11.8. The Morgan fingerprint density at radius 2 is 1.91 bits per heavy atom. The van der Waals surface area contributed by atoms with E-state index in [-0.39, 0.29) is 18.2 Å². The number of esters is 1. The molecular weight excluding hydrogens is 282 g/mol. The molecule has 1 aromatic rings. The third-order valence-electron chi connectivity index (χ3n) is 4.27. The minimum Gasteiger partial charge on any atom is -0.466 e. The summed E-state index contributed by atoms with van der Waals surface area (Å²) in [5, 5.41) is 0. The zero-order chi connectivity index (χ0) is 15.4. The van der Waals surface area contributed by atoms with Crippen molar-refractivity contribution in [3.8, 4) is 0 Å². The first-order valence-electron chi connectivity index (χ1n) is 8.03. The molecule has 0 radical (unpaired) electrons. The Labute approximate surface area is 131 Å². The number of anilines is 1. The van der Waals surface area contributed by atoms with E-state index in [1.165, 1.54) is 0 Å². The number of carbonyl (C=O) groups excluding carboxylic acids is 1. The lowest BCUT2D eigenvalue weighted by molar-refractivity contribution is -0.148. The van der Waals surface area contributed by atoms with Crippen molar-refractivity contribution in [3.63, 3.8) is 0 Å². The Hall–Kier alpha value is -1.59. The molecule has 2 aliphatic heterocycles. The number of para-hydroxylation sites is 1. The van der Waals surface area contributed by atoms with E-state index in [0.29, 0.717) is 19.8 Å². The molecule has 2 saturated heterocycles. The van der Waals surface area contributed by atoms with Gasteiger partial charge in [-0.1, -0.05) is 18.2 Å². The summed E-state index contributed by atoms with van der Waals surface area (Å²) in [6, 6.07) is 8.20. The summed E-state index contributed by atoms with van der Waals surface area (Å²) in [4.78, 5) is 14.2. The zero-order valence-corrected chi connectivity index (χ0v) is 13.0. The second-order valence-corrected chi connectivity index (χ2v) is 5.65. The van der Waals surface area contributed by atoms with E-state index in [2.05, 4.69) is 17.0 Å². The van der Waals surface area contributed by atoms with Crippen LogP contribution in [0, 0.1) is 5.92 Å². The molecule has 0 amide bonds. The molecule has 0 atom stereocenters. The van der Waals surface area contributed by atoms with Gasteiger partial charge in [-0.3, -0.25) is 4.79 Å². The van der Waals surface area contributed by atoms with E-state index in [9.17, 15) is 4.79 Å². The zero-order valence-electron chi connectivity index (χ0n) is 13.0. The summed E-state index contributed by atoms with van der Waals surface area (Å²) in [7, 11) is 0. The summed E-state index contributed by atoms with van der Waals surface area (Å²) < 4.78 is 16.4. The summed E-state index contributed by atoms with van der Waals surface area (Å²) >= 11 is 0. The molecule has 5 heteroatoms. The number of piperidine rings is 1. The van der Waals surface area contributed by atoms with Gasteiger partial charge in [0.1, 0.15) is 0 Å². The summed E-state index contributed by atoms with van der Waals surface area (Å²) in [6.07, 6.45) is 1.40. The molecule has 0 unspecified atom stereocenters. The van der Waals surface area contributed by atoms with Crippen molar-refractivity contribution >= 4 is 11.7 Å². The molecule has 5 nitrogen and oxygen atoms in total. The van der Waals surface area contributed by atoms with E-state index in [1.54, 1.807) is 0 Å². The molecule has 3 rings (SSSR count). The van der Waals surface area contributed by atoms with Gasteiger partial charge in [0, 0.05) is 24.3 Å². The molecule has 1 aromatic carbocycles. The van der Waals surface area contributed by atoms with Crippen molar-refractivity contribution in [3.05, 3.63) is 29.8 Å². The van der Waals surface area contributed by atoms with E-state index < -0.39 is 0 Å². The Kier molecular flexibility index (Phi) is 4.95. The van der Waals surface area contributed by atoms with E-state index >= 15 is 0 Å². The van der Waals surface area contributed by atoms with Gasteiger partial charge in [-0.25, -0.2) is 0 Å². The van der Waals surface area contributed by atoms with Gasteiger partial charge in [-0.2, -0.15) is 0 Å².